The van der Waals surface area contributed by atoms with Gasteiger partial charge in [0.05, 0.1) is 5.56 Å². The van der Waals surface area contributed by atoms with Gasteiger partial charge in [-0.15, -0.1) is 0 Å². The van der Waals surface area contributed by atoms with E-state index in [2.05, 4.69) is 15.8 Å². The number of hydrogen-bond acceptors (Lipinski definition) is 4. The molecule has 6 nitrogen and oxygen atoms in total. The average molecular weight is 330 g/mol. The minimum Gasteiger partial charge on any atom is -0.360 e. The highest BCUT2D eigenvalue weighted by Crippen LogP contribution is 2.21. The van der Waals surface area contributed by atoms with Crippen LogP contribution in [0.5, 0.6) is 0 Å². The number of rotatable bonds is 5. The zero-order valence-electron chi connectivity index (χ0n) is 14.7. The molecule has 0 saturated carbocycles. The molecule has 0 bridgehead atoms. The first-order valence-electron chi connectivity index (χ1n) is 8.68. The van der Waals surface area contributed by atoms with Crippen LogP contribution in [0.3, 0.4) is 0 Å². The van der Waals surface area contributed by atoms with Crippen molar-refractivity contribution in [3.05, 3.63) is 34.8 Å². The highest BCUT2D eigenvalue weighted by molar-refractivity contribution is 5.95. The van der Waals surface area contributed by atoms with E-state index in [4.69, 9.17) is 4.52 Å². The fraction of sp³-hybridized carbons (Fsp3) is 0.556. The first kappa shape index (κ1) is 16.8. The number of carbonyl (C=O) groups excluding carboxylic acids is 1. The molecule has 0 radical (unpaired) electrons. The summed E-state index contributed by atoms with van der Waals surface area (Å²) in [5.41, 5.74) is 2.56. The van der Waals surface area contributed by atoms with Crippen molar-refractivity contribution in [1.29, 1.82) is 0 Å². The molecule has 1 amide bonds. The van der Waals surface area contributed by atoms with E-state index < -0.39 is 0 Å². The van der Waals surface area contributed by atoms with E-state index >= 15 is 0 Å². The lowest BCUT2D eigenvalue weighted by molar-refractivity contribution is 0.0950. The van der Waals surface area contributed by atoms with Crippen LogP contribution in [-0.4, -0.2) is 35.3 Å². The van der Waals surface area contributed by atoms with Crippen molar-refractivity contribution in [3.8, 4) is 5.82 Å². The van der Waals surface area contributed by atoms with Gasteiger partial charge in [-0.25, -0.2) is 0 Å². The van der Waals surface area contributed by atoms with E-state index in [1.54, 1.807) is 0 Å². The molecule has 1 aliphatic rings. The van der Waals surface area contributed by atoms with Gasteiger partial charge in [0, 0.05) is 24.0 Å². The molecule has 3 rings (SSSR count). The third-order valence-corrected chi connectivity index (χ3v) is 4.76. The lowest BCUT2D eigenvalue weighted by atomic mass is 9.96. The maximum absolute atomic E-state index is 12.5. The molecule has 2 N–H and O–H groups in total. The van der Waals surface area contributed by atoms with Crippen LogP contribution in [0.2, 0.25) is 0 Å². The zero-order chi connectivity index (χ0) is 17.1. The number of nitrogens with zero attached hydrogens (tertiary/aromatic N) is 2. The lowest BCUT2D eigenvalue weighted by Crippen LogP contribution is -2.33. The van der Waals surface area contributed by atoms with E-state index in [9.17, 15) is 4.79 Å². The Kier molecular flexibility index (Phi) is 5.04. The summed E-state index contributed by atoms with van der Waals surface area (Å²) in [6.07, 6.45) is 3.51. The molecule has 2 aromatic heterocycles. The first-order valence-corrected chi connectivity index (χ1v) is 8.68. The van der Waals surface area contributed by atoms with Gasteiger partial charge >= 0.3 is 0 Å². The molecular weight excluding hydrogens is 304 g/mol. The van der Waals surface area contributed by atoms with Gasteiger partial charge in [-0.2, -0.15) is 0 Å². The summed E-state index contributed by atoms with van der Waals surface area (Å²) in [5, 5.41) is 10.5. The Hall–Kier alpha value is -2.08. The quantitative estimate of drug-likeness (QED) is 0.883. The summed E-state index contributed by atoms with van der Waals surface area (Å²) in [6, 6.07) is 3.79. The van der Waals surface area contributed by atoms with Crippen LogP contribution in [0.25, 0.3) is 5.82 Å². The van der Waals surface area contributed by atoms with Crippen LogP contribution in [0.4, 0.5) is 0 Å². The summed E-state index contributed by atoms with van der Waals surface area (Å²) in [5.74, 6) is 2.13. The van der Waals surface area contributed by atoms with Crippen LogP contribution in [0.1, 0.15) is 46.8 Å². The Morgan fingerprint density at radius 2 is 2.25 bits per heavy atom. The van der Waals surface area contributed by atoms with Crippen molar-refractivity contribution < 1.29 is 9.32 Å². The second-order valence-corrected chi connectivity index (χ2v) is 6.67. The molecule has 1 atom stereocenters. The first-order chi connectivity index (χ1) is 11.6. The lowest BCUT2D eigenvalue weighted by Gasteiger charge is -2.22. The molecule has 1 aliphatic heterocycles. The molecule has 130 valence electrons. The summed E-state index contributed by atoms with van der Waals surface area (Å²) in [6.45, 7) is 8.68. The van der Waals surface area contributed by atoms with Crippen LogP contribution in [-0.2, 0) is 0 Å². The minimum absolute atomic E-state index is 0.0154. The Morgan fingerprint density at radius 3 is 2.92 bits per heavy atom. The van der Waals surface area contributed by atoms with Crippen molar-refractivity contribution in [1.82, 2.24) is 20.4 Å². The summed E-state index contributed by atoms with van der Waals surface area (Å²) in [7, 11) is 0. The van der Waals surface area contributed by atoms with Gasteiger partial charge in [-0.05, 0) is 65.1 Å². The molecule has 1 unspecified atom stereocenters. The van der Waals surface area contributed by atoms with Crippen LogP contribution in [0.15, 0.2) is 16.7 Å². The van der Waals surface area contributed by atoms with Crippen molar-refractivity contribution >= 4 is 5.91 Å². The van der Waals surface area contributed by atoms with E-state index in [-0.39, 0.29) is 5.91 Å². The SMILES string of the molecule is Cc1cc(-n2c(C)cc(C(=O)NCCC3CCCNC3)c2C)no1. The van der Waals surface area contributed by atoms with Crippen LogP contribution >= 0.6 is 0 Å². The van der Waals surface area contributed by atoms with E-state index in [0.29, 0.717) is 11.5 Å². The van der Waals surface area contributed by atoms with Gasteiger partial charge in [0.1, 0.15) is 5.76 Å². The fourth-order valence-corrected chi connectivity index (χ4v) is 3.46. The molecule has 0 spiro atoms. The van der Waals surface area contributed by atoms with Gasteiger partial charge in [-0.1, -0.05) is 5.16 Å². The number of aromatic nitrogens is 2. The fourth-order valence-electron chi connectivity index (χ4n) is 3.46. The number of piperidine rings is 1. The number of carbonyl (C=O) groups is 1. The van der Waals surface area contributed by atoms with Crippen molar-refractivity contribution in [2.24, 2.45) is 5.92 Å². The van der Waals surface area contributed by atoms with Crippen molar-refractivity contribution in [2.75, 3.05) is 19.6 Å². The maximum atomic E-state index is 12.5. The van der Waals surface area contributed by atoms with E-state index in [1.807, 2.05) is 37.5 Å². The Labute approximate surface area is 142 Å². The number of aryl methyl sites for hydroxylation is 2. The Morgan fingerprint density at radius 1 is 1.42 bits per heavy atom. The summed E-state index contributed by atoms with van der Waals surface area (Å²) < 4.78 is 7.11. The molecule has 24 heavy (non-hydrogen) atoms. The highest BCUT2D eigenvalue weighted by Gasteiger charge is 2.19. The molecule has 1 fully saturated rings. The minimum atomic E-state index is -0.0154. The number of nitrogens with one attached hydrogen (secondary N) is 2. The summed E-state index contributed by atoms with van der Waals surface area (Å²) in [4.78, 5) is 12.5. The Balaban J connectivity index is 1.64. The van der Waals surface area contributed by atoms with Gasteiger partial charge < -0.3 is 15.2 Å². The third kappa shape index (κ3) is 3.53. The van der Waals surface area contributed by atoms with Gasteiger partial charge in [-0.3, -0.25) is 9.36 Å². The topological polar surface area (TPSA) is 72.1 Å². The second-order valence-electron chi connectivity index (χ2n) is 6.67. The largest absolute Gasteiger partial charge is 0.360 e. The molecular formula is C18H26N4O2. The van der Waals surface area contributed by atoms with E-state index in [0.717, 1.165) is 49.0 Å². The molecule has 1 saturated heterocycles. The van der Waals surface area contributed by atoms with Gasteiger partial charge in [0.2, 0.25) is 0 Å². The number of amides is 1. The standard InChI is InChI=1S/C18H26N4O2/c1-12-9-16(14(3)22(12)17-10-13(2)24-21-17)18(23)20-8-6-15-5-4-7-19-11-15/h9-10,15,19H,4-8,11H2,1-3H3,(H,20,23). The molecule has 3 heterocycles. The monoisotopic (exact) mass is 330 g/mol. The number of hydrogen-bond donors (Lipinski definition) is 2. The predicted molar refractivity (Wildman–Crippen MR) is 92.6 cm³/mol. The smallest absolute Gasteiger partial charge is 0.253 e. The van der Waals surface area contributed by atoms with E-state index in [1.165, 1.54) is 12.8 Å². The predicted octanol–water partition coefficient (Wildman–Crippen LogP) is 2.51. The van der Waals surface area contributed by atoms with Crippen LogP contribution < -0.4 is 10.6 Å². The van der Waals surface area contributed by atoms with Crippen molar-refractivity contribution in [3.63, 3.8) is 0 Å². The third-order valence-electron chi connectivity index (χ3n) is 4.76. The molecule has 0 aromatic carbocycles. The normalized spacial score (nSPS) is 17.9. The second kappa shape index (κ2) is 7.21. The Bertz CT molecular complexity index is 711. The van der Waals surface area contributed by atoms with Crippen LogP contribution in [0, 0.1) is 26.7 Å². The summed E-state index contributed by atoms with van der Waals surface area (Å²) >= 11 is 0. The maximum Gasteiger partial charge on any atom is 0.253 e. The highest BCUT2D eigenvalue weighted by atomic mass is 16.5. The van der Waals surface area contributed by atoms with Gasteiger partial charge in [0.15, 0.2) is 5.82 Å². The molecule has 6 heteroatoms. The molecule has 0 aliphatic carbocycles. The molecule has 2 aromatic rings. The van der Waals surface area contributed by atoms with Crippen molar-refractivity contribution in [2.45, 2.75) is 40.0 Å². The van der Waals surface area contributed by atoms with Gasteiger partial charge in [0.25, 0.3) is 5.91 Å². The average Bonchev–Trinajstić information content (AvgIpc) is 3.11. The zero-order valence-corrected chi connectivity index (χ0v) is 14.7.